The highest BCUT2D eigenvalue weighted by Crippen LogP contribution is 2.35. The Hall–Kier alpha value is -1.52. The second kappa shape index (κ2) is 2.00. The Morgan fingerprint density at radius 1 is 1.58 bits per heavy atom. The van der Waals surface area contributed by atoms with E-state index in [1.54, 1.807) is 0 Å². The summed E-state index contributed by atoms with van der Waals surface area (Å²) < 4.78 is 0. The van der Waals surface area contributed by atoms with E-state index < -0.39 is 5.97 Å². The summed E-state index contributed by atoms with van der Waals surface area (Å²) in [4.78, 5) is 22.8. The van der Waals surface area contributed by atoms with Crippen LogP contribution < -0.4 is 5.73 Å². The number of aliphatic carboxylic acids is 1. The van der Waals surface area contributed by atoms with Gasteiger partial charge in [0.1, 0.15) is 5.82 Å². The molecule has 0 radical (unpaired) electrons. The maximum Gasteiger partial charge on any atom is 0.335 e. The Kier molecular flexibility index (Phi) is 1.19. The molecule has 5 heteroatoms. The highest BCUT2D eigenvalue weighted by molar-refractivity contribution is 5.94. The molecule has 1 atom stereocenters. The third kappa shape index (κ3) is 0.677. The summed E-state index contributed by atoms with van der Waals surface area (Å²) in [6.45, 7) is 0. The van der Waals surface area contributed by atoms with Crippen LogP contribution in [0.3, 0.4) is 0 Å². The van der Waals surface area contributed by atoms with Crippen molar-refractivity contribution in [3.05, 3.63) is 11.4 Å². The quantitative estimate of drug-likeness (QED) is 0.504. The van der Waals surface area contributed by atoms with E-state index in [1.807, 2.05) is 0 Å². The smallest absolute Gasteiger partial charge is 0.335 e. The van der Waals surface area contributed by atoms with E-state index in [1.165, 1.54) is 4.90 Å². The predicted octanol–water partition coefficient (Wildman–Crippen LogP) is -0.754. The molecule has 1 unspecified atom stereocenters. The fourth-order valence-electron chi connectivity index (χ4n) is 1.66. The van der Waals surface area contributed by atoms with E-state index in [4.69, 9.17) is 10.8 Å². The zero-order valence-corrected chi connectivity index (χ0v) is 6.28. The lowest BCUT2D eigenvalue weighted by Crippen LogP contribution is -2.49. The zero-order chi connectivity index (χ0) is 8.88. The Labute approximate surface area is 68.4 Å². The first-order valence-electron chi connectivity index (χ1n) is 3.65. The predicted molar refractivity (Wildman–Crippen MR) is 38.7 cm³/mol. The van der Waals surface area contributed by atoms with Gasteiger partial charge in [0, 0.05) is 12.8 Å². The van der Waals surface area contributed by atoms with Crippen LogP contribution in [0.4, 0.5) is 0 Å². The lowest BCUT2D eigenvalue weighted by atomic mass is 10.0. The van der Waals surface area contributed by atoms with Gasteiger partial charge < -0.3 is 10.8 Å². The number of hydrogen-bond donors (Lipinski definition) is 2. The van der Waals surface area contributed by atoms with Crippen molar-refractivity contribution in [2.24, 2.45) is 5.73 Å². The minimum Gasteiger partial charge on any atom is -0.478 e. The van der Waals surface area contributed by atoms with E-state index in [0.29, 0.717) is 12.8 Å². The fraction of sp³-hybridized carbons (Fsp3) is 0.429. The number of amides is 1. The molecule has 2 rings (SSSR count). The number of carbonyl (C=O) groups is 2. The van der Waals surface area contributed by atoms with E-state index in [-0.39, 0.29) is 23.3 Å². The molecule has 0 aliphatic carbocycles. The van der Waals surface area contributed by atoms with Crippen molar-refractivity contribution in [2.45, 2.75) is 18.9 Å². The summed E-state index contributed by atoms with van der Waals surface area (Å²) in [5, 5.41) is 8.66. The third-order valence-corrected chi connectivity index (χ3v) is 2.31. The number of β-lactam (4-membered cyclic amide) rings is 1. The third-order valence-electron chi connectivity index (χ3n) is 2.31. The van der Waals surface area contributed by atoms with Crippen molar-refractivity contribution < 1.29 is 14.7 Å². The number of carboxylic acids is 1. The number of nitrogens with zero attached hydrogens (tertiary/aromatic N) is 1. The molecule has 64 valence electrons. The molecule has 0 aromatic heterocycles. The molecule has 2 aliphatic heterocycles. The second-order valence-electron chi connectivity index (χ2n) is 2.99. The lowest BCUT2D eigenvalue weighted by Gasteiger charge is -2.34. The number of rotatable bonds is 1. The van der Waals surface area contributed by atoms with Crippen LogP contribution in [0.2, 0.25) is 0 Å². The van der Waals surface area contributed by atoms with Gasteiger partial charge in [-0.25, -0.2) is 4.79 Å². The van der Waals surface area contributed by atoms with Gasteiger partial charge in [-0.15, -0.1) is 0 Å². The van der Waals surface area contributed by atoms with Crippen LogP contribution in [0.1, 0.15) is 12.8 Å². The minimum atomic E-state index is -1.02. The molecule has 3 N–H and O–H groups in total. The van der Waals surface area contributed by atoms with Crippen LogP contribution in [0.15, 0.2) is 11.4 Å². The molecule has 1 amide bonds. The molecular weight excluding hydrogens is 160 g/mol. The van der Waals surface area contributed by atoms with Gasteiger partial charge in [-0.3, -0.25) is 9.69 Å². The average molecular weight is 168 g/mol. The van der Waals surface area contributed by atoms with Crippen molar-refractivity contribution >= 4 is 11.9 Å². The molecule has 5 nitrogen and oxygen atoms in total. The maximum absolute atomic E-state index is 10.9. The first-order chi connectivity index (χ1) is 5.61. The van der Waals surface area contributed by atoms with Gasteiger partial charge in [-0.1, -0.05) is 0 Å². The first-order valence-corrected chi connectivity index (χ1v) is 3.65. The Bertz CT molecular complexity index is 308. The van der Waals surface area contributed by atoms with Gasteiger partial charge >= 0.3 is 5.97 Å². The van der Waals surface area contributed by atoms with Crippen LogP contribution in [-0.2, 0) is 9.59 Å². The summed E-state index contributed by atoms with van der Waals surface area (Å²) in [5.41, 5.74) is 5.63. The lowest BCUT2D eigenvalue weighted by molar-refractivity contribution is -0.141. The van der Waals surface area contributed by atoms with Gasteiger partial charge in [0.25, 0.3) is 0 Å². The topological polar surface area (TPSA) is 83.6 Å². The van der Waals surface area contributed by atoms with Crippen LogP contribution in [0.5, 0.6) is 0 Å². The van der Waals surface area contributed by atoms with Gasteiger partial charge in [-0.2, -0.15) is 0 Å². The summed E-state index contributed by atoms with van der Waals surface area (Å²) in [5.74, 6) is -0.966. The minimum absolute atomic E-state index is 0.0172. The number of nitrogens with two attached hydrogens (primary N) is 1. The molecule has 1 saturated heterocycles. The zero-order valence-electron chi connectivity index (χ0n) is 6.28. The van der Waals surface area contributed by atoms with Crippen LogP contribution >= 0.6 is 0 Å². The molecular formula is C7H8N2O3. The van der Waals surface area contributed by atoms with Gasteiger partial charge in [0.05, 0.1) is 11.6 Å². The van der Waals surface area contributed by atoms with E-state index in [2.05, 4.69) is 0 Å². The molecule has 2 heterocycles. The van der Waals surface area contributed by atoms with Crippen LogP contribution in [0.25, 0.3) is 0 Å². The molecule has 0 bridgehead atoms. The first kappa shape index (κ1) is 7.15. The standard InChI is InChI=1S/C7H8N2O3/c8-6-4(7(11)12)1-3-2-5(10)9(3)6/h3H,1-2,8H2,(H,11,12). The highest BCUT2D eigenvalue weighted by atomic mass is 16.4. The summed E-state index contributed by atoms with van der Waals surface area (Å²) in [6.07, 6.45) is 0.824. The van der Waals surface area contributed by atoms with E-state index in [0.717, 1.165) is 0 Å². The van der Waals surface area contributed by atoms with Gasteiger partial charge in [-0.05, 0) is 0 Å². The molecule has 2 aliphatic rings. The van der Waals surface area contributed by atoms with Gasteiger partial charge in [0.15, 0.2) is 0 Å². The normalized spacial score (nSPS) is 27.2. The number of carboxylic acid groups (broad SMARTS) is 1. The SMILES string of the molecule is NC1=C(C(=O)O)CC2CC(=O)N12. The Balaban J connectivity index is 2.31. The van der Waals surface area contributed by atoms with Crippen molar-refractivity contribution in [1.82, 2.24) is 4.90 Å². The molecule has 0 aromatic rings. The van der Waals surface area contributed by atoms with Crippen LogP contribution in [-0.4, -0.2) is 27.9 Å². The van der Waals surface area contributed by atoms with Crippen molar-refractivity contribution in [3.63, 3.8) is 0 Å². The average Bonchev–Trinajstić information content (AvgIpc) is 2.20. The monoisotopic (exact) mass is 168 g/mol. The van der Waals surface area contributed by atoms with Crippen molar-refractivity contribution in [1.29, 1.82) is 0 Å². The second-order valence-corrected chi connectivity index (χ2v) is 2.99. The molecule has 0 saturated carbocycles. The number of carbonyl (C=O) groups excluding carboxylic acids is 1. The van der Waals surface area contributed by atoms with E-state index >= 15 is 0 Å². The maximum atomic E-state index is 10.9. The van der Waals surface area contributed by atoms with Crippen molar-refractivity contribution in [3.8, 4) is 0 Å². The fourth-order valence-corrected chi connectivity index (χ4v) is 1.66. The molecule has 12 heavy (non-hydrogen) atoms. The molecule has 0 spiro atoms. The Morgan fingerprint density at radius 2 is 2.25 bits per heavy atom. The Morgan fingerprint density at radius 3 is 2.67 bits per heavy atom. The number of fused-ring (bicyclic) bond motifs is 1. The molecule has 1 fully saturated rings. The molecule has 0 aromatic carbocycles. The van der Waals surface area contributed by atoms with E-state index in [9.17, 15) is 9.59 Å². The van der Waals surface area contributed by atoms with Gasteiger partial charge in [0.2, 0.25) is 5.91 Å². The summed E-state index contributed by atoms with van der Waals surface area (Å²) in [7, 11) is 0. The summed E-state index contributed by atoms with van der Waals surface area (Å²) in [6, 6.07) is 0.0172. The largest absolute Gasteiger partial charge is 0.478 e. The van der Waals surface area contributed by atoms with Crippen molar-refractivity contribution in [2.75, 3.05) is 0 Å². The summed E-state index contributed by atoms with van der Waals surface area (Å²) >= 11 is 0. The number of hydrogen-bond acceptors (Lipinski definition) is 3. The van der Waals surface area contributed by atoms with Crippen LogP contribution in [0, 0.1) is 0 Å². The highest BCUT2D eigenvalue weighted by Gasteiger charge is 2.45.